The Labute approximate surface area is 309 Å². The van der Waals surface area contributed by atoms with Crippen LogP contribution in [0, 0.1) is 11.3 Å². The fourth-order valence-corrected chi connectivity index (χ4v) is 7.55. The molecule has 1 aliphatic rings. The van der Waals surface area contributed by atoms with Gasteiger partial charge in [0.15, 0.2) is 5.82 Å². The predicted octanol–water partition coefficient (Wildman–Crippen LogP) is 12.1. The minimum absolute atomic E-state index is 0.250. The van der Waals surface area contributed by atoms with E-state index in [1.165, 1.54) is 27.8 Å². The van der Waals surface area contributed by atoms with Gasteiger partial charge in [-0.15, -0.1) is 0 Å². The van der Waals surface area contributed by atoms with Gasteiger partial charge in [-0.2, -0.15) is 5.26 Å². The molecule has 53 heavy (non-hydrogen) atoms. The molecule has 250 valence electrons. The van der Waals surface area contributed by atoms with Crippen LogP contribution in [-0.2, 0) is 5.41 Å². The molecule has 0 aliphatic heterocycles. The van der Waals surface area contributed by atoms with E-state index in [4.69, 9.17) is 9.97 Å². The molecule has 0 spiro atoms. The van der Waals surface area contributed by atoms with Crippen molar-refractivity contribution in [2.75, 3.05) is 0 Å². The number of pyridine rings is 1. The Morgan fingerprint density at radius 1 is 0.453 bits per heavy atom. The third kappa shape index (κ3) is 5.89. The van der Waals surface area contributed by atoms with Crippen molar-refractivity contribution >= 4 is 0 Å². The van der Waals surface area contributed by atoms with Crippen molar-refractivity contribution < 1.29 is 0 Å². The van der Waals surface area contributed by atoms with Crippen molar-refractivity contribution in [2.45, 2.75) is 19.3 Å². The molecule has 0 bridgehead atoms. The van der Waals surface area contributed by atoms with Gasteiger partial charge in [-0.3, -0.25) is 4.98 Å². The number of nitriles is 1. The largest absolute Gasteiger partial charge is 0.264 e. The SMILES string of the molecule is CC1(C)c2cc(C#N)ccc2-c2ccc(-c3cc(-c4cccnc4)cc(-c4cc(-c5ccc(-c6ccccc6)cc5)nc(-c5ccccc5)n4)c3)cc21. The lowest BCUT2D eigenvalue weighted by Crippen LogP contribution is -2.15. The van der Waals surface area contributed by atoms with Crippen molar-refractivity contribution in [1.29, 1.82) is 5.26 Å². The van der Waals surface area contributed by atoms with Gasteiger partial charge in [0.25, 0.3) is 0 Å². The van der Waals surface area contributed by atoms with Gasteiger partial charge in [0.1, 0.15) is 0 Å². The normalized spacial score (nSPS) is 12.5. The van der Waals surface area contributed by atoms with Crippen LogP contribution in [0.5, 0.6) is 0 Å². The number of nitrogens with zero attached hydrogens (tertiary/aromatic N) is 4. The number of aromatic nitrogens is 3. The predicted molar refractivity (Wildman–Crippen MR) is 215 cm³/mol. The van der Waals surface area contributed by atoms with E-state index in [1.54, 1.807) is 6.20 Å². The van der Waals surface area contributed by atoms with E-state index in [9.17, 15) is 5.26 Å². The second-order valence-corrected chi connectivity index (χ2v) is 14.1. The van der Waals surface area contributed by atoms with Crippen LogP contribution in [0.25, 0.3) is 78.4 Å². The van der Waals surface area contributed by atoms with Crippen LogP contribution >= 0.6 is 0 Å². The van der Waals surface area contributed by atoms with Gasteiger partial charge in [0, 0.05) is 40.1 Å². The molecule has 0 N–H and O–H groups in total. The Kier molecular flexibility index (Phi) is 7.83. The number of fused-ring (bicyclic) bond motifs is 3. The average molecular weight is 679 g/mol. The summed E-state index contributed by atoms with van der Waals surface area (Å²) in [4.78, 5) is 14.8. The number of rotatable bonds is 6. The maximum atomic E-state index is 9.64. The summed E-state index contributed by atoms with van der Waals surface area (Å²) in [6, 6.07) is 57.2. The lowest BCUT2D eigenvalue weighted by Gasteiger charge is -2.22. The highest BCUT2D eigenvalue weighted by atomic mass is 14.9. The summed E-state index contributed by atoms with van der Waals surface area (Å²) in [5.74, 6) is 0.673. The molecular formula is C49H34N4. The van der Waals surface area contributed by atoms with Crippen LogP contribution in [0.2, 0.25) is 0 Å². The molecule has 0 radical (unpaired) electrons. The minimum Gasteiger partial charge on any atom is -0.264 e. The fourth-order valence-electron chi connectivity index (χ4n) is 7.55. The Bertz CT molecular complexity index is 2670. The second-order valence-electron chi connectivity index (χ2n) is 14.1. The standard InChI is InChI=1S/C49H34N4/c1-49(2)44-24-32(30-50)15-21-42(44)43-22-20-37(28-45(43)49)39-25-40(38-14-9-23-51-31-38)27-41(26-39)47-29-46(52-48(53-47)36-12-7-4-8-13-36)35-18-16-34(17-19-35)33-10-5-3-6-11-33/h3-29,31H,1-2H3. The van der Waals surface area contributed by atoms with Gasteiger partial charge in [0.2, 0.25) is 0 Å². The molecule has 0 saturated heterocycles. The van der Waals surface area contributed by atoms with Crippen molar-refractivity contribution in [3.05, 3.63) is 187 Å². The number of hydrogen-bond acceptors (Lipinski definition) is 4. The van der Waals surface area contributed by atoms with E-state index in [-0.39, 0.29) is 5.41 Å². The van der Waals surface area contributed by atoms with Gasteiger partial charge < -0.3 is 0 Å². The number of benzene rings is 6. The summed E-state index contributed by atoms with van der Waals surface area (Å²) in [5, 5.41) is 9.64. The van der Waals surface area contributed by atoms with E-state index < -0.39 is 0 Å². The van der Waals surface area contributed by atoms with Crippen LogP contribution in [0.3, 0.4) is 0 Å². The Morgan fingerprint density at radius 2 is 1.00 bits per heavy atom. The summed E-state index contributed by atoms with van der Waals surface area (Å²) in [6.07, 6.45) is 3.71. The Balaban J connectivity index is 1.20. The Morgan fingerprint density at radius 3 is 1.68 bits per heavy atom. The van der Waals surface area contributed by atoms with E-state index in [1.807, 2.05) is 48.7 Å². The summed E-state index contributed by atoms with van der Waals surface area (Å²) in [6.45, 7) is 4.50. The van der Waals surface area contributed by atoms with Crippen molar-refractivity contribution in [2.24, 2.45) is 0 Å². The van der Waals surface area contributed by atoms with Crippen molar-refractivity contribution in [3.63, 3.8) is 0 Å². The monoisotopic (exact) mass is 678 g/mol. The Hall–Kier alpha value is -6.96. The van der Waals surface area contributed by atoms with Gasteiger partial charge in [-0.1, -0.05) is 123 Å². The van der Waals surface area contributed by atoms with E-state index in [0.29, 0.717) is 11.4 Å². The zero-order valence-electron chi connectivity index (χ0n) is 29.5. The third-order valence-electron chi connectivity index (χ3n) is 10.4. The first kappa shape index (κ1) is 32.0. The van der Waals surface area contributed by atoms with E-state index >= 15 is 0 Å². The summed E-state index contributed by atoms with van der Waals surface area (Å²) in [7, 11) is 0. The van der Waals surface area contributed by atoms with Crippen LogP contribution in [-0.4, -0.2) is 15.0 Å². The minimum atomic E-state index is -0.250. The molecule has 6 aromatic carbocycles. The van der Waals surface area contributed by atoms with Crippen molar-refractivity contribution in [1.82, 2.24) is 15.0 Å². The average Bonchev–Trinajstić information content (AvgIpc) is 3.46. The van der Waals surface area contributed by atoms with Crippen LogP contribution < -0.4 is 0 Å². The van der Waals surface area contributed by atoms with Gasteiger partial charge in [0.05, 0.1) is 23.0 Å². The first-order valence-electron chi connectivity index (χ1n) is 17.8. The molecule has 4 heteroatoms. The highest BCUT2D eigenvalue weighted by Crippen LogP contribution is 2.50. The van der Waals surface area contributed by atoms with E-state index in [2.05, 4.69) is 140 Å². The van der Waals surface area contributed by atoms with Crippen molar-refractivity contribution in [3.8, 4) is 84.5 Å². The summed E-state index contributed by atoms with van der Waals surface area (Å²) in [5.41, 5.74) is 16.6. The first-order valence-corrected chi connectivity index (χ1v) is 17.8. The molecule has 2 aromatic heterocycles. The first-order chi connectivity index (χ1) is 25.9. The molecule has 9 rings (SSSR count). The molecule has 4 nitrogen and oxygen atoms in total. The maximum Gasteiger partial charge on any atom is 0.160 e. The topological polar surface area (TPSA) is 62.5 Å². The van der Waals surface area contributed by atoms with Gasteiger partial charge in [-0.05, 0) is 98.6 Å². The molecular weight excluding hydrogens is 645 g/mol. The molecule has 0 saturated carbocycles. The molecule has 2 heterocycles. The van der Waals surface area contributed by atoms with Crippen LogP contribution in [0.4, 0.5) is 0 Å². The summed E-state index contributed by atoms with van der Waals surface area (Å²) >= 11 is 0. The second kappa shape index (κ2) is 13.0. The summed E-state index contributed by atoms with van der Waals surface area (Å²) < 4.78 is 0. The van der Waals surface area contributed by atoms with Gasteiger partial charge in [-0.25, -0.2) is 9.97 Å². The lowest BCUT2D eigenvalue weighted by atomic mass is 9.81. The molecule has 1 aliphatic carbocycles. The maximum absolute atomic E-state index is 9.64. The third-order valence-corrected chi connectivity index (χ3v) is 10.4. The number of hydrogen-bond donors (Lipinski definition) is 0. The molecule has 0 unspecified atom stereocenters. The fraction of sp³-hybridized carbons (Fsp3) is 0.0612. The lowest BCUT2D eigenvalue weighted by molar-refractivity contribution is 0.660. The zero-order chi connectivity index (χ0) is 35.9. The highest BCUT2D eigenvalue weighted by Gasteiger charge is 2.36. The quantitative estimate of drug-likeness (QED) is 0.176. The van der Waals surface area contributed by atoms with E-state index in [0.717, 1.165) is 55.9 Å². The molecule has 0 atom stereocenters. The zero-order valence-corrected chi connectivity index (χ0v) is 29.5. The van der Waals surface area contributed by atoms with Crippen LogP contribution in [0.15, 0.2) is 170 Å². The smallest absolute Gasteiger partial charge is 0.160 e. The highest BCUT2D eigenvalue weighted by molar-refractivity contribution is 5.87. The molecule has 0 fully saturated rings. The van der Waals surface area contributed by atoms with Crippen LogP contribution in [0.1, 0.15) is 30.5 Å². The molecule has 0 amide bonds. The molecule has 8 aromatic rings. The van der Waals surface area contributed by atoms with Gasteiger partial charge >= 0.3 is 0 Å².